The van der Waals surface area contributed by atoms with E-state index in [1.807, 2.05) is 24.3 Å². The first-order valence-electron chi connectivity index (χ1n) is 7.34. The van der Waals surface area contributed by atoms with Crippen LogP contribution in [-0.2, 0) is 0 Å². The van der Waals surface area contributed by atoms with Gasteiger partial charge < -0.3 is 14.4 Å². The predicted octanol–water partition coefficient (Wildman–Crippen LogP) is 3.58. The van der Waals surface area contributed by atoms with Gasteiger partial charge in [0.2, 0.25) is 5.95 Å². The van der Waals surface area contributed by atoms with Crippen LogP contribution in [0.2, 0.25) is 0 Å². The largest absolute Gasteiger partial charge is 0.497 e. The second-order valence-electron chi connectivity index (χ2n) is 5.28. The summed E-state index contributed by atoms with van der Waals surface area (Å²) in [5, 5.41) is 0. The number of halogens is 1. The molecule has 22 heavy (non-hydrogen) atoms. The zero-order valence-electron chi connectivity index (χ0n) is 12.8. The summed E-state index contributed by atoms with van der Waals surface area (Å²) < 4.78 is 24.2. The van der Waals surface area contributed by atoms with Crippen LogP contribution in [0.25, 0.3) is 0 Å². The third-order valence-corrected chi connectivity index (χ3v) is 4.05. The van der Waals surface area contributed by atoms with Gasteiger partial charge in [0.05, 0.1) is 20.3 Å². The van der Waals surface area contributed by atoms with Gasteiger partial charge in [-0.25, -0.2) is 4.98 Å². The summed E-state index contributed by atoms with van der Waals surface area (Å²) in [5.74, 6) is 1.76. The van der Waals surface area contributed by atoms with Crippen molar-refractivity contribution in [1.82, 2.24) is 4.98 Å². The fourth-order valence-electron chi connectivity index (χ4n) is 3.02. The average Bonchev–Trinajstić information content (AvgIpc) is 3.03. The zero-order valence-corrected chi connectivity index (χ0v) is 12.8. The molecule has 1 aliphatic heterocycles. The second-order valence-corrected chi connectivity index (χ2v) is 5.28. The smallest absolute Gasteiger partial charge is 0.214 e. The molecule has 1 saturated heterocycles. The lowest BCUT2D eigenvalue weighted by Crippen LogP contribution is -2.24. The minimum absolute atomic E-state index is 0.134. The first-order valence-corrected chi connectivity index (χ1v) is 7.34. The van der Waals surface area contributed by atoms with Gasteiger partial charge in [0.25, 0.3) is 0 Å². The molecular weight excluding hydrogens is 283 g/mol. The third-order valence-electron chi connectivity index (χ3n) is 4.05. The van der Waals surface area contributed by atoms with Gasteiger partial charge in [-0.05, 0) is 37.1 Å². The number of hydrogen-bond donors (Lipinski definition) is 0. The van der Waals surface area contributed by atoms with Crippen molar-refractivity contribution >= 4 is 5.82 Å². The highest BCUT2D eigenvalue weighted by molar-refractivity contribution is 5.49. The average molecular weight is 302 g/mol. The van der Waals surface area contributed by atoms with Crippen molar-refractivity contribution in [1.29, 1.82) is 0 Å². The lowest BCUT2D eigenvalue weighted by Gasteiger charge is -2.27. The maximum Gasteiger partial charge on any atom is 0.214 e. The number of aromatic nitrogens is 1. The molecule has 2 aromatic rings. The molecule has 1 fully saturated rings. The molecule has 2 heterocycles. The van der Waals surface area contributed by atoms with Gasteiger partial charge in [-0.1, -0.05) is 6.07 Å². The first-order chi connectivity index (χ1) is 10.7. The molecule has 116 valence electrons. The molecular formula is C17H19FN2O2. The molecule has 3 rings (SSSR count). The Morgan fingerprint density at radius 1 is 1.18 bits per heavy atom. The molecule has 0 spiro atoms. The van der Waals surface area contributed by atoms with E-state index in [2.05, 4.69) is 9.88 Å². The van der Waals surface area contributed by atoms with Crippen molar-refractivity contribution < 1.29 is 13.9 Å². The number of rotatable bonds is 4. The number of methoxy groups -OCH3 is 2. The number of ether oxygens (including phenoxy) is 2. The maximum atomic E-state index is 13.4. The monoisotopic (exact) mass is 302 g/mol. The standard InChI is InChI=1S/C17H19FN2O2/c1-21-12-8-9-13(15(11-12)22-2)14-5-4-10-20(14)17-7-3-6-16(18)19-17/h3,6-9,11,14H,4-5,10H2,1-2H3. The van der Waals surface area contributed by atoms with Crippen molar-refractivity contribution in [2.45, 2.75) is 18.9 Å². The number of benzene rings is 1. The molecule has 4 nitrogen and oxygen atoms in total. The van der Waals surface area contributed by atoms with E-state index in [9.17, 15) is 4.39 Å². The second kappa shape index (κ2) is 6.22. The molecule has 1 atom stereocenters. The highest BCUT2D eigenvalue weighted by Crippen LogP contribution is 2.40. The molecule has 1 aliphatic rings. The van der Waals surface area contributed by atoms with E-state index in [0.29, 0.717) is 5.82 Å². The van der Waals surface area contributed by atoms with Gasteiger partial charge in [0, 0.05) is 18.2 Å². The van der Waals surface area contributed by atoms with Crippen LogP contribution in [0.3, 0.4) is 0 Å². The van der Waals surface area contributed by atoms with Crippen molar-refractivity contribution in [3.8, 4) is 11.5 Å². The molecule has 0 radical (unpaired) electrons. The Hall–Kier alpha value is -2.30. The zero-order chi connectivity index (χ0) is 15.5. The Morgan fingerprint density at radius 3 is 2.77 bits per heavy atom. The molecule has 0 bridgehead atoms. The van der Waals surface area contributed by atoms with E-state index in [-0.39, 0.29) is 6.04 Å². The van der Waals surface area contributed by atoms with Crippen LogP contribution in [-0.4, -0.2) is 25.7 Å². The van der Waals surface area contributed by atoms with Crippen LogP contribution >= 0.6 is 0 Å². The third kappa shape index (κ3) is 2.71. The number of pyridine rings is 1. The summed E-state index contributed by atoms with van der Waals surface area (Å²) in [6.45, 7) is 0.857. The summed E-state index contributed by atoms with van der Waals surface area (Å²) in [5.41, 5.74) is 1.08. The molecule has 0 aliphatic carbocycles. The lowest BCUT2D eigenvalue weighted by atomic mass is 10.0. The van der Waals surface area contributed by atoms with Crippen molar-refractivity contribution in [3.05, 3.63) is 47.9 Å². The van der Waals surface area contributed by atoms with Crippen LogP contribution in [0.5, 0.6) is 11.5 Å². The minimum atomic E-state index is -0.454. The van der Waals surface area contributed by atoms with Crippen molar-refractivity contribution in [2.24, 2.45) is 0 Å². The van der Waals surface area contributed by atoms with Crippen molar-refractivity contribution in [3.63, 3.8) is 0 Å². The fraction of sp³-hybridized carbons (Fsp3) is 0.353. The summed E-state index contributed by atoms with van der Waals surface area (Å²) >= 11 is 0. The topological polar surface area (TPSA) is 34.6 Å². The number of anilines is 1. The maximum absolute atomic E-state index is 13.4. The van der Waals surface area contributed by atoms with Crippen LogP contribution < -0.4 is 14.4 Å². The first kappa shape index (κ1) is 14.6. The highest BCUT2D eigenvalue weighted by atomic mass is 19.1. The van der Waals surface area contributed by atoms with Gasteiger partial charge in [-0.2, -0.15) is 4.39 Å². The van der Waals surface area contributed by atoms with Gasteiger partial charge in [0.15, 0.2) is 0 Å². The molecule has 1 aromatic heterocycles. The molecule has 1 unspecified atom stereocenters. The van der Waals surface area contributed by atoms with E-state index < -0.39 is 5.95 Å². The Morgan fingerprint density at radius 2 is 2.05 bits per heavy atom. The van der Waals surface area contributed by atoms with Gasteiger partial charge in [-0.15, -0.1) is 0 Å². The van der Waals surface area contributed by atoms with E-state index in [0.717, 1.165) is 36.4 Å². The quantitative estimate of drug-likeness (QED) is 0.809. The number of nitrogens with zero attached hydrogens (tertiary/aromatic N) is 2. The van der Waals surface area contributed by atoms with Crippen LogP contribution in [0, 0.1) is 5.95 Å². The Labute approximate surface area is 129 Å². The van der Waals surface area contributed by atoms with E-state index in [4.69, 9.17) is 9.47 Å². The predicted molar refractivity (Wildman–Crippen MR) is 83.1 cm³/mol. The molecule has 5 heteroatoms. The minimum Gasteiger partial charge on any atom is -0.497 e. The summed E-state index contributed by atoms with van der Waals surface area (Å²) in [4.78, 5) is 6.15. The van der Waals surface area contributed by atoms with E-state index in [1.165, 1.54) is 6.07 Å². The number of hydrogen-bond acceptors (Lipinski definition) is 4. The Bertz CT molecular complexity index is 663. The Kier molecular flexibility index (Phi) is 4.13. The normalized spacial score (nSPS) is 17.6. The highest BCUT2D eigenvalue weighted by Gasteiger charge is 2.29. The van der Waals surface area contributed by atoms with E-state index >= 15 is 0 Å². The van der Waals surface area contributed by atoms with Crippen LogP contribution in [0.4, 0.5) is 10.2 Å². The molecule has 1 aromatic carbocycles. The van der Waals surface area contributed by atoms with E-state index in [1.54, 1.807) is 20.3 Å². The Balaban J connectivity index is 1.96. The van der Waals surface area contributed by atoms with Crippen LogP contribution in [0.15, 0.2) is 36.4 Å². The summed E-state index contributed by atoms with van der Waals surface area (Å²) in [6, 6.07) is 10.9. The summed E-state index contributed by atoms with van der Waals surface area (Å²) in [7, 11) is 3.28. The van der Waals surface area contributed by atoms with Gasteiger partial charge in [-0.3, -0.25) is 0 Å². The van der Waals surface area contributed by atoms with Gasteiger partial charge >= 0.3 is 0 Å². The SMILES string of the molecule is COc1ccc(C2CCCN2c2cccc(F)n2)c(OC)c1. The lowest BCUT2D eigenvalue weighted by molar-refractivity contribution is 0.388. The van der Waals surface area contributed by atoms with Crippen LogP contribution in [0.1, 0.15) is 24.4 Å². The molecule has 0 amide bonds. The molecule has 0 N–H and O–H groups in total. The summed E-state index contributed by atoms with van der Waals surface area (Å²) in [6.07, 6.45) is 2.03. The van der Waals surface area contributed by atoms with Gasteiger partial charge in [0.1, 0.15) is 17.3 Å². The van der Waals surface area contributed by atoms with Crippen molar-refractivity contribution in [2.75, 3.05) is 25.7 Å². The fourth-order valence-corrected chi connectivity index (χ4v) is 3.02. The molecule has 0 saturated carbocycles.